The highest BCUT2D eigenvalue weighted by Crippen LogP contribution is 2.56. The molecule has 1 aromatic carbocycles. The average Bonchev–Trinajstić information content (AvgIpc) is 3.31. The van der Waals surface area contributed by atoms with Gasteiger partial charge in [0.1, 0.15) is 17.8 Å². The van der Waals surface area contributed by atoms with Gasteiger partial charge in [0.15, 0.2) is 6.29 Å². The number of carbonyl (C=O) groups excluding carboxylic acids is 3. The Balaban J connectivity index is 1.86. The minimum atomic E-state index is -2.20. The Kier molecular flexibility index (Phi) is 7.52. The largest absolute Gasteiger partial charge is 0.459 e. The van der Waals surface area contributed by atoms with Crippen LogP contribution >= 0.6 is 0 Å². The fraction of sp³-hybridized carbons (Fsp3) is 0.607. The number of nitrogens with zero attached hydrogens (tertiary/aromatic N) is 1. The van der Waals surface area contributed by atoms with E-state index in [9.17, 15) is 19.5 Å². The average molecular weight is 516 g/mol. The number of fused-ring (bicyclic) bond motifs is 1. The summed E-state index contributed by atoms with van der Waals surface area (Å²) in [4.78, 5) is 42.6. The monoisotopic (exact) mass is 515 g/mol. The lowest BCUT2D eigenvalue weighted by Crippen LogP contribution is -2.73. The molecule has 3 aliphatic rings. The zero-order valence-electron chi connectivity index (χ0n) is 22.1. The van der Waals surface area contributed by atoms with Crippen molar-refractivity contribution in [1.82, 2.24) is 4.90 Å². The van der Waals surface area contributed by atoms with E-state index >= 15 is 0 Å². The lowest BCUT2D eigenvalue weighted by Gasteiger charge is -2.48. The van der Waals surface area contributed by atoms with Crippen LogP contribution in [0.25, 0.3) is 0 Å². The number of likely N-dealkylation sites (tertiary alicyclic amines) is 1. The van der Waals surface area contributed by atoms with Gasteiger partial charge in [-0.15, -0.1) is 0 Å². The molecule has 0 spiro atoms. The predicted molar refractivity (Wildman–Crippen MR) is 133 cm³/mol. The second kappa shape index (κ2) is 10.2. The standard InChI is InChI=1S/C28H37NO8/c1-26(2,3)37-25(33)29-23(31)20-16-21(34-5)36-27(20,4)28(29,22(30)19-14-10-7-11-15-19)24(32)35-17-18-12-8-6-9-13-18/h6,8-10,12-14,19-22,30H,7,11,15-17H2,1-5H3/t19-,20+,21+,22+,27+,28+/m1/s1. The molecule has 0 unspecified atom stereocenters. The summed E-state index contributed by atoms with van der Waals surface area (Å²) in [7, 11) is 1.45. The first-order chi connectivity index (χ1) is 17.5. The van der Waals surface area contributed by atoms with Crippen molar-refractivity contribution in [2.24, 2.45) is 11.8 Å². The van der Waals surface area contributed by atoms with E-state index in [0.717, 1.165) is 23.3 Å². The van der Waals surface area contributed by atoms with Gasteiger partial charge in [-0.1, -0.05) is 42.5 Å². The zero-order chi connectivity index (χ0) is 27.0. The molecular formula is C28H37NO8. The Labute approximate surface area is 217 Å². The molecule has 37 heavy (non-hydrogen) atoms. The summed E-state index contributed by atoms with van der Waals surface area (Å²) in [6.45, 7) is 6.47. The van der Waals surface area contributed by atoms with Gasteiger partial charge >= 0.3 is 12.1 Å². The van der Waals surface area contributed by atoms with Crippen molar-refractivity contribution in [3.63, 3.8) is 0 Å². The molecule has 2 amide bonds. The number of carbonyl (C=O) groups is 3. The van der Waals surface area contributed by atoms with Crippen LogP contribution in [0.2, 0.25) is 0 Å². The van der Waals surface area contributed by atoms with Crippen molar-refractivity contribution in [3.05, 3.63) is 48.0 Å². The minimum Gasteiger partial charge on any atom is -0.459 e. The molecule has 2 fully saturated rings. The maximum Gasteiger partial charge on any atom is 0.418 e. The van der Waals surface area contributed by atoms with Crippen LogP contribution in [0.1, 0.15) is 58.9 Å². The highest BCUT2D eigenvalue weighted by atomic mass is 16.7. The molecule has 2 saturated heterocycles. The Bertz CT molecular complexity index is 1050. The first-order valence-electron chi connectivity index (χ1n) is 12.8. The van der Waals surface area contributed by atoms with Gasteiger partial charge in [0, 0.05) is 19.4 Å². The molecule has 2 heterocycles. The predicted octanol–water partition coefficient (Wildman–Crippen LogP) is 3.73. The van der Waals surface area contributed by atoms with Crippen LogP contribution in [0.15, 0.2) is 42.5 Å². The maximum absolute atomic E-state index is 14.3. The van der Waals surface area contributed by atoms with Crippen molar-refractivity contribution in [1.29, 1.82) is 0 Å². The second-order valence-electron chi connectivity index (χ2n) is 11.1. The third-order valence-electron chi connectivity index (χ3n) is 7.59. The highest BCUT2D eigenvalue weighted by molar-refractivity contribution is 6.06. The lowest BCUT2D eigenvalue weighted by molar-refractivity contribution is -0.220. The first-order valence-corrected chi connectivity index (χ1v) is 12.8. The number of aliphatic hydroxyl groups is 1. The van der Waals surface area contributed by atoms with Crippen LogP contribution < -0.4 is 0 Å². The summed E-state index contributed by atoms with van der Waals surface area (Å²) in [5.74, 6) is -3.04. The summed E-state index contributed by atoms with van der Waals surface area (Å²) >= 11 is 0. The molecule has 4 rings (SSSR count). The fourth-order valence-corrected chi connectivity index (χ4v) is 5.84. The van der Waals surface area contributed by atoms with E-state index in [2.05, 4.69) is 0 Å². The topological polar surface area (TPSA) is 112 Å². The minimum absolute atomic E-state index is 0.112. The van der Waals surface area contributed by atoms with Crippen molar-refractivity contribution in [3.8, 4) is 0 Å². The number of esters is 1. The molecule has 0 saturated carbocycles. The van der Waals surface area contributed by atoms with E-state index in [-0.39, 0.29) is 13.0 Å². The molecule has 2 aliphatic heterocycles. The van der Waals surface area contributed by atoms with E-state index in [0.29, 0.717) is 6.42 Å². The maximum atomic E-state index is 14.3. The number of ether oxygens (including phenoxy) is 4. The van der Waals surface area contributed by atoms with E-state index < -0.39 is 58.9 Å². The molecule has 0 aromatic heterocycles. The van der Waals surface area contributed by atoms with Crippen molar-refractivity contribution < 1.29 is 38.4 Å². The number of hydrogen-bond acceptors (Lipinski definition) is 8. The fourth-order valence-electron chi connectivity index (χ4n) is 5.84. The molecule has 202 valence electrons. The summed E-state index contributed by atoms with van der Waals surface area (Å²) < 4.78 is 23.0. The second-order valence-corrected chi connectivity index (χ2v) is 11.1. The number of allylic oxidation sites excluding steroid dienone is 1. The van der Waals surface area contributed by atoms with Crippen LogP contribution in [0.3, 0.4) is 0 Å². The Morgan fingerprint density at radius 3 is 2.54 bits per heavy atom. The Morgan fingerprint density at radius 1 is 1.24 bits per heavy atom. The van der Waals surface area contributed by atoms with E-state index in [1.807, 2.05) is 30.4 Å². The summed E-state index contributed by atoms with van der Waals surface area (Å²) in [6.07, 6.45) is 2.74. The van der Waals surface area contributed by atoms with Crippen LogP contribution in [-0.2, 0) is 35.1 Å². The van der Waals surface area contributed by atoms with Gasteiger partial charge in [-0.25, -0.2) is 14.5 Å². The van der Waals surface area contributed by atoms with Gasteiger partial charge in [-0.2, -0.15) is 0 Å². The number of hydrogen-bond donors (Lipinski definition) is 1. The highest BCUT2D eigenvalue weighted by Gasteiger charge is 2.79. The lowest BCUT2D eigenvalue weighted by atomic mass is 9.68. The van der Waals surface area contributed by atoms with E-state index in [1.165, 1.54) is 7.11 Å². The van der Waals surface area contributed by atoms with Gasteiger partial charge in [0.2, 0.25) is 11.4 Å². The molecule has 1 N–H and O–H groups in total. The number of rotatable bonds is 6. The molecule has 0 bridgehead atoms. The third-order valence-corrected chi connectivity index (χ3v) is 7.59. The summed E-state index contributed by atoms with van der Waals surface area (Å²) in [6, 6.07) is 9.06. The van der Waals surface area contributed by atoms with Crippen LogP contribution in [0.4, 0.5) is 4.79 Å². The third kappa shape index (κ3) is 4.69. The van der Waals surface area contributed by atoms with E-state index in [1.54, 1.807) is 39.8 Å². The first kappa shape index (κ1) is 27.3. The Morgan fingerprint density at radius 2 is 1.95 bits per heavy atom. The number of methoxy groups -OCH3 is 1. The normalized spacial score (nSPS) is 32.2. The zero-order valence-corrected chi connectivity index (χ0v) is 22.1. The Hall–Kier alpha value is -2.75. The molecular weight excluding hydrogens is 478 g/mol. The molecule has 0 radical (unpaired) electrons. The quantitative estimate of drug-likeness (QED) is 0.451. The SMILES string of the molecule is CO[C@@H]1C[C@H]2C(=O)N(C(=O)OC(C)(C)C)[C@](C(=O)OCc3ccccc3)([C@@H](O)[C@@H]3C=CCCC3)[C@@]2(C)O1. The molecule has 9 heteroatoms. The van der Waals surface area contributed by atoms with Gasteiger partial charge in [-0.3, -0.25) is 4.79 Å². The van der Waals surface area contributed by atoms with Crippen molar-refractivity contribution in [2.45, 2.75) is 89.1 Å². The summed E-state index contributed by atoms with van der Waals surface area (Å²) in [5, 5.41) is 12.0. The van der Waals surface area contributed by atoms with Crippen LogP contribution in [-0.4, -0.2) is 64.2 Å². The molecule has 1 aliphatic carbocycles. The van der Waals surface area contributed by atoms with Crippen LogP contribution in [0, 0.1) is 11.8 Å². The summed E-state index contributed by atoms with van der Waals surface area (Å²) in [5.41, 5.74) is -4.07. The van der Waals surface area contributed by atoms with Crippen molar-refractivity contribution >= 4 is 18.0 Å². The number of benzene rings is 1. The van der Waals surface area contributed by atoms with Crippen molar-refractivity contribution in [2.75, 3.05) is 7.11 Å². The number of aliphatic hydroxyl groups excluding tert-OH is 1. The van der Waals surface area contributed by atoms with Gasteiger partial charge in [-0.05, 0) is 52.5 Å². The van der Waals surface area contributed by atoms with Gasteiger partial charge < -0.3 is 24.1 Å². The number of imide groups is 1. The van der Waals surface area contributed by atoms with Gasteiger partial charge in [0.25, 0.3) is 0 Å². The van der Waals surface area contributed by atoms with Gasteiger partial charge in [0.05, 0.1) is 12.0 Å². The molecule has 9 nitrogen and oxygen atoms in total. The molecule has 1 aromatic rings. The number of amides is 2. The smallest absolute Gasteiger partial charge is 0.418 e. The van der Waals surface area contributed by atoms with E-state index in [4.69, 9.17) is 18.9 Å². The molecule has 6 atom stereocenters. The van der Waals surface area contributed by atoms with Crippen LogP contribution in [0.5, 0.6) is 0 Å².